The number of likely N-dealkylation sites (tertiary alicyclic amines) is 2. The van der Waals surface area contributed by atoms with E-state index in [2.05, 4.69) is 9.88 Å². The van der Waals surface area contributed by atoms with Crippen molar-refractivity contribution in [2.75, 3.05) is 45.2 Å². The maximum Gasteiger partial charge on any atom is 0.223 e. The molecular formula is C20H33N5O. The molecule has 1 unspecified atom stereocenters. The first kappa shape index (κ1) is 19.1. The van der Waals surface area contributed by atoms with Crippen molar-refractivity contribution < 1.29 is 4.79 Å². The van der Waals surface area contributed by atoms with Gasteiger partial charge in [0.25, 0.3) is 0 Å². The zero-order valence-corrected chi connectivity index (χ0v) is 16.4. The SMILES string of the molecule is CN(C)c1cncc(C2CCCN2C(=O)CCCN2CCCCCC2)n1. The lowest BCUT2D eigenvalue weighted by Gasteiger charge is -2.26. The summed E-state index contributed by atoms with van der Waals surface area (Å²) in [6.45, 7) is 4.31. The lowest BCUT2D eigenvalue weighted by Crippen LogP contribution is -2.32. The fraction of sp³-hybridized carbons (Fsp3) is 0.750. The van der Waals surface area contributed by atoms with Gasteiger partial charge in [-0.2, -0.15) is 0 Å². The van der Waals surface area contributed by atoms with Crippen molar-refractivity contribution in [2.24, 2.45) is 0 Å². The van der Waals surface area contributed by atoms with Crippen LogP contribution in [0.4, 0.5) is 5.82 Å². The summed E-state index contributed by atoms with van der Waals surface area (Å²) in [5, 5.41) is 0. The van der Waals surface area contributed by atoms with Gasteiger partial charge in [0, 0.05) is 27.1 Å². The predicted molar refractivity (Wildman–Crippen MR) is 104 cm³/mol. The summed E-state index contributed by atoms with van der Waals surface area (Å²) >= 11 is 0. The minimum atomic E-state index is 0.0908. The molecule has 3 heterocycles. The number of anilines is 1. The maximum atomic E-state index is 12.8. The fourth-order valence-electron chi connectivity index (χ4n) is 4.08. The highest BCUT2D eigenvalue weighted by Gasteiger charge is 2.31. The van der Waals surface area contributed by atoms with Gasteiger partial charge >= 0.3 is 0 Å². The lowest BCUT2D eigenvalue weighted by atomic mass is 10.1. The van der Waals surface area contributed by atoms with Crippen molar-refractivity contribution >= 4 is 11.7 Å². The van der Waals surface area contributed by atoms with E-state index in [0.29, 0.717) is 6.42 Å². The van der Waals surface area contributed by atoms with E-state index in [9.17, 15) is 4.79 Å². The average molecular weight is 360 g/mol. The molecular weight excluding hydrogens is 326 g/mol. The Morgan fingerprint density at radius 1 is 1.12 bits per heavy atom. The zero-order valence-electron chi connectivity index (χ0n) is 16.4. The maximum absolute atomic E-state index is 12.8. The Labute approximate surface area is 157 Å². The van der Waals surface area contributed by atoms with E-state index in [-0.39, 0.29) is 11.9 Å². The second-order valence-corrected chi connectivity index (χ2v) is 7.80. The molecule has 0 N–H and O–H groups in total. The topological polar surface area (TPSA) is 52.6 Å². The van der Waals surface area contributed by atoms with Gasteiger partial charge in [-0.15, -0.1) is 0 Å². The Hall–Kier alpha value is -1.69. The van der Waals surface area contributed by atoms with Crippen LogP contribution in [-0.2, 0) is 4.79 Å². The number of hydrogen-bond acceptors (Lipinski definition) is 5. The Kier molecular flexibility index (Phi) is 6.83. The van der Waals surface area contributed by atoms with Crippen LogP contribution in [0.15, 0.2) is 12.4 Å². The molecule has 1 aromatic heterocycles. The van der Waals surface area contributed by atoms with Gasteiger partial charge in [-0.25, -0.2) is 4.98 Å². The van der Waals surface area contributed by atoms with Gasteiger partial charge in [0.1, 0.15) is 5.82 Å². The van der Waals surface area contributed by atoms with Gasteiger partial charge in [-0.1, -0.05) is 12.8 Å². The molecule has 3 rings (SSSR count). The number of rotatable bonds is 6. The van der Waals surface area contributed by atoms with Crippen LogP contribution in [0.2, 0.25) is 0 Å². The molecule has 2 aliphatic rings. The van der Waals surface area contributed by atoms with Crippen LogP contribution in [0.5, 0.6) is 0 Å². The molecule has 0 spiro atoms. The van der Waals surface area contributed by atoms with Crippen molar-refractivity contribution in [3.63, 3.8) is 0 Å². The molecule has 0 aromatic carbocycles. The minimum Gasteiger partial charge on any atom is -0.361 e. The predicted octanol–water partition coefficient (Wildman–Crippen LogP) is 2.86. The van der Waals surface area contributed by atoms with E-state index in [0.717, 1.165) is 43.9 Å². The number of carbonyl (C=O) groups excluding carboxylic acids is 1. The molecule has 0 saturated carbocycles. The molecule has 0 aliphatic carbocycles. The van der Waals surface area contributed by atoms with Crippen LogP contribution < -0.4 is 4.90 Å². The van der Waals surface area contributed by atoms with E-state index in [4.69, 9.17) is 4.98 Å². The number of hydrogen-bond donors (Lipinski definition) is 0. The van der Waals surface area contributed by atoms with E-state index in [1.807, 2.05) is 30.1 Å². The first-order valence-corrected chi connectivity index (χ1v) is 10.2. The third-order valence-electron chi connectivity index (χ3n) is 5.58. The largest absolute Gasteiger partial charge is 0.361 e. The normalized spacial score (nSPS) is 21.6. The highest BCUT2D eigenvalue weighted by atomic mass is 16.2. The van der Waals surface area contributed by atoms with Crippen LogP contribution >= 0.6 is 0 Å². The van der Waals surface area contributed by atoms with Crippen molar-refractivity contribution in [3.05, 3.63) is 18.1 Å². The van der Waals surface area contributed by atoms with Crippen LogP contribution in [0.3, 0.4) is 0 Å². The summed E-state index contributed by atoms with van der Waals surface area (Å²) in [6.07, 6.45) is 12.6. The van der Waals surface area contributed by atoms with E-state index in [1.54, 1.807) is 6.20 Å². The van der Waals surface area contributed by atoms with Gasteiger partial charge in [0.15, 0.2) is 0 Å². The van der Waals surface area contributed by atoms with Gasteiger partial charge in [0.2, 0.25) is 5.91 Å². The van der Waals surface area contributed by atoms with Gasteiger partial charge in [0.05, 0.1) is 24.1 Å². The van der Waals surface area contributed by atoms with Crippen LogP contribution in [-0.4, -0.2) is 65.9 Å². The van der Waals surface area contributed by atoms with Crippen molar-refractivity contribution in [1.29, 1.82) is 0 Å². The average Bonchev–Trinajstić information content (AvgIpc) is 3.00. The smallest absolute Gasteiger partial charge is 0.223 e. The second kappa shape index (κ2) is 9.31. The lowest BCUT2D eigenvalue weighted by molar-refractivity contribution is -0.132. The summed E-state index contributed by atoms with van der Waals surface area (Å²) in [7, 11) is 3.93. The molecule has 0 bridgehead atoms. The minimum absolute atomic E-state index is 0.0908. The molecule has 2 fully saturated rings. The van der Waals surface area contributed by atoms with E-state index in [1.165, 1.54) is 38.8 Å². The van der Waals surface area contributed by atoms with Crippen molar-refractivity contribution in [2.45, 2.75) is 57.4 Å². The van der Waals surface area contributed by atoms with Crippen molar-refractivity contribution in [1.82, 2.24) is 19.8 Å². The Morgan fingerprint density at radius 2 is 1.88 bits per heavy atom. The molecule has 2 saturated heterocycles. The summed E-state index contributed by atoms with van der Waals surface area (Å²) < 4.78 is 0. The van der Waals surface area contributed by atoms with E-state index < -0.39 is 0 Å². The van der Waals surface area contributed by atoms with Gasteiger partial charge in [-0.3, -0.25) is 9.78 Å². The fourth-order valence-corrected chi connectivity index (χ4v) is 4.08. The second-order valence-electron chi connectivity index (χ2n) is 7.80. The first-order chi connectivity index (χ1) is 12.6. The van der Waals surface area contributed by atoms with E-state index >= 15 is 0 Å². The first-order valence-electron chi connectivity index (χ1n) is 10.2. The van der Waals surface area contributed by atoms with Gasteiger partial charge in [-0.05, 0) is 51.7 Å². The number of carbonyl (C=O) groups is 1. The molecule has 1 aromatic rings. The highest BCUT2D eigenvalue weighted by Crippen LogP contribution is 2.31. The zero-order chi connectivity index (χ0) is 18.4. The number of nitrogens with zero attached hydrogens (tertiary/aromatic N) is 5. The number of aromatic nitrogens is 2. The highest BCUT2D eigenvalue weighted by molar-refractivity contribution is 5.77. The molecule has 6 heteroatoms. The summed E-state index contributed by atoms with van der Waals surface area (Å²) in [5.74, 6) is 1.13. The molecule has 1 amide bonds. The molecule has 1 atom stereocenters. The summed E-state index contributed by atoms with van der Waals surface area (Å²) in [6, 6.07) is 0.0908. The summed E-state index contributed by atoms with van der Waals surface area (Å²) in [5.41, 5.74) is 0.926. The molecule has 26 heavy (non-hydrogen) atoms. The molecule has 0 radical (unpaired) electrons. The quantitative estimate of drug-likeness (QED) is 0.782. The van der Waals surface area contributed by atoms with Crippen LogP contribution in [0.1, 0.15) is 63.1 Å². The monoisotopic (exact) mass is 359 g/mol. The molecule has 144 valence electrons. The van der Waals surface area contributed by atoms with Crippen LogP contribution in [0, 0.1) is 0 Å². The van der Waals surface area contributed by atoms with Crippen LogP contribution in [0.25, 0.3) is 0 Å². The molecule has 2 aliphatic heterocycles. The number of amides is 1. The van der Waals surface area contributed by atoms with Crippen molar-refractivity contribution in [3.8, 4) is 0 Å². The summed E-state index contributed by atoms with van der Waals surface area (Å²) in [4.78, 5) is 28.4. The standard InChI is InChI=1S/C20H33N5O/c1-23(2)19-16-21-15-17(22-19)18-9-7-14-25(18)20(26)10-8-13-24-11-5-3-4-6-12-24/h15-16,18H,3-14H2,1-2H3. The molecule has 6 nitrogen and oxygen atoms in total. The Morgan fingerprint density at radius 3 is 2.62 bits per heavy atom. The third-order valence-corrected chi connectivity index (χ3v) is 5.58. The Bertz CT molecular complexity index is 583. The Balaban J connectivity index is 1.54. The van der Waals surface area contributed by atoms with Gasteiger partial charge < -0.3 is 14.7 Å². The third kappa shape index (κ3) is 4.93.